The molecule has 2 rings (SSSR count). The minimum atomic E-state index is -0.337. The highest BCUT2D eigenvalue weighted by molar-refractivity contribution is 5.66. The maximum atomic E-state index is 11.3. The van der Waals surface area contributed by atoms with Crippen LogP contribution in [-0.4, -0.2) is 23.8 Å². The maximum absolute atomic E-state index is 11.3. The monoisotopic (exact) mass is 224 g/mol. The number of carbonyl (C=O) groups excluding carboxylic acids is 1. The van der Waals surface area contributed by atoms with Crippen molar-refractivity contribution in [2.24, 2.45) is 5.92 Å². The van der Waals surface area contributed by atoms with Crippen LogP contribution in [0.4, 0.5) is 0 Å². The highest BCUT2D eigenvalue weighted by Gasteiger charge is 2.50. The molecule has 3 atom stereocenters. The van der Waals surface area contributed by atoms with Crippen molar-refractivity contribution in [3.8, 4) is 0 Å². The van der Waals surface area contributed by atoms with Crippen molar-refractivity contribution < 1.29 is 14.3 Å². The van der Waals surface area contributed by atoms with Crippen molar-refractivity contribution >= 4 is 5.97 Å². The van der Waals surface area contributed by atoms with Crippen LogP contribution in [-0.2, 0) is 14.3 Å². The summed E-state index contributed by atoms with van der Waals surface area (Å²) < 4.78 is 11.4. The van der Waals surface area contributed by atoms with E-state index in [0.29, 0.717) is 5.92 Å². The average Bonchev–Trinajstić information content (AvgIpc) is 2.87. The first-order valence-corrected chi connectivity index (χ1v) is 6.14. The van der Waals surface area contributed by atoms with E-state index in [0.717, 1.165) is 19.3 Å². The summed E-state index contributed by atoms with van der Waals surface area (Å²) in [5, 5.41) is 0. The Kier molecular flexibility index (Phi) is 3.06. The van der Waals surface area contributed by atoms with Crippen molar-refractivity contribution in [1.82, 2.24) is 0 Å². The molecule has 16 heavy (non-hydrogen) atoms. The molecule has 0 amide bonds. The molecule has 0 aromatic rings. The Morgan fingerprint density at radius 3 is 2.50 bits per heavy atom. The molecule has 2 bridgehead atoms. The van der Waals surface area contributed by atoms with E-state index >= 15 is 0 Å². The molecule has 2 aliphatic heterocycles. The van der Waals surface area contributed by atoms with Gasteiger partial charge in [-0.3, -0.25) is 4.79 Å². The third kappa shape index (κ3) is 1.77. The fraction of sp³-hybridized carbons (Fsp3) is 0.769. The summed E-state index contributed by atoms with van der Waals surface area (Å²) in [6.07, 6.45) is 7.30. The van der Waals surface area contributed by atoms with Gasteiger partial charge >= 0.3 is 5.97 Å². The van der Waals surface area contributed by atoms with Crippen LogP contribution in [0.15, 0.2) is 12.2 Å². The second kappa shape index (κ2) is 4.21. The molecule has 0 saturated carbocycles. The number of hydrogen-bond donors (Lipinski definition) is 0. The van der Waals surface area contributed by atoms with Gasteiger partial charge in [0.2, 0.25) is 0 Å². The lowest BCUT2D eigenvalue weighted by Gasteiger charge is -2.38. The van der Waals surface area contributed by atoms with Gasteiger partial charge in [0.05, 0.1) is 12.2 Å². The number of ether oxygens (including phenoxy) is 2. The molecule has 2 aliphatic rings. The lowest BCUT2D eigenvalue weighted by Crippen LogP contribution is -2.44. The lowest BCUT2D eigenvalue weighted by molar-refractivity contribution is -0.166. The molecular formula is C13H20O3. The molecule has 0 aliphatic carbocycles. The van der Waals surface area contributed by atoms with E-state index in [1.807, 2.05) is 0 Å². The summed E-state index contributed by atoms with van der Waals surface area (Å²) in [5.74, 6) is 0.136. The SMILES string of the molecule is CCC(CC)(OC(C)=O)C1CC2C=CC1O2. The van der Waals surface area contributed by atoms with E-state index in [4.69, 9.17) is 9.47 Å². The molecule has 1 saturated heterocycles. The number of esters is 1. The molecule has 0 N–H and O–H groups in total. The summed E-state index contributed by atoms with van der Waals surface area (Å²) in [7, 11) is 0. The predicted octanol–water partition coefficient (Wildman–Crippen LogP) is 2.45. The zero-order valence-electron chi connectivity index (χ0n) is 10.2. The maximum Gasteiger partial charge on any atom is 0.303 e. The average molecular weight is 224 g/mol. The van der Waals surface area contributed by atoms with Crippen molar-refractivity contribution in [1.29, 1.82) is 0 Å². The van der Waals surface area contributed by atoms with Crippen LogP contribution >= 0.6 is 0 Å². The van der Waals surface area contributed by atoms with E-state index in [1.54, 1.807) is 0 Å². The van der Waals surface area contributed by atoms with Crippen LogP contribution < -0.4 is 0 Å². The molecule has 0 radical (unpaired) electrons. The van der Waals surface area contributed by atoms with E-state index in [9.17, 15) is 4.79 Å². The lowest BCUT2D eigenvalue weighted by atomic mass is 9.76. The van der Waals surface area contributed by atoms with Crippen LogP contribution in [0.2, 0.25) is 0 Å². The third-order valence-corrected chi connectivity index (χ3v) is 3.95. The summed E-state index contributed by atoms with van der Waals surface area (Å²) in [6.45, 7) is 5.66. The van der Waals surface area contributed by atoms with Gasteiger partial charge in [-0.2, -0.15) is 0 Å². The van der Waals surface area contributed by atoms with Gasteiger partial charge in [0.1, 0.15) is 5.60 Å². The zero-order valence-corrected chi connectivity index (χ0v) is 10.2. The Morgan fingerprint density at radius 2 is 2.12 bits per heavy atom. The molecule has 2 heterocycles. The van der Waals surface area contributed by atoms with Gasteiger partial charge in [0.25, 0.3) is 0 Å². The zero-order chi connectivity index (χ0) is 11.8. The topological polar surface area (TPSA) is 35.5 Å². The van der Waals surface area contributed by atoms with Crippen LogP contribution in [0.1, 0.15) is 40.0 Å². The first-order chi connectivity index (χ1) is 7.61. The third-order valence-electron chi connectivity index (χ3n) is 3.95. The standard InChI is InChI=1S/C13H20O3/c1-4-13(5-2,16-9(3)14)11-8-10-6-7-12(11)15-10/h6-7,10-12H,4-5,8H2,1-3H3. The summed E-state index contributed by atoms with van der Waals surface area (Å²) in [6, 6.07) is 0. The quantitative estimate of drug-likeness (QED) is 0.543. The van der Waals surface area contributed by atoms with Crippen molar-refractivity contribution in [3.63, 3.8) is 0 Å². The highest BCUT2D eigenvalue weighted by Crippen LogP contribution is 2.44. The minimum Gasteiger partial charge on any atom is -0.459 e. The molecule has 3 heteroatoms. The van der Waals surface area contributed by atoms with Crippen LogP contribution in [0, 0.1) is 5.92 Å². The Hall–Kier alpha value is -0.830. The van der Waals surface area contributed by atoms with Crippen molar-refractivity contribution in [2.45, 2.75) is 57.8 Å². The Bertz CT molecular complexity index is 304. The first-order valence-electron chi connectivity index (χ1n) is 6.14. The van der Waals surface area contributed by atoms with Gasteiger partial charge in [-0.05, 0) is 19.3 Å². The van der Waals surface area contributed by atoms with Gasteiger partial charge < -0.3 is 9.47 Å². The first kappa shape index (κ1) is 11.6. The Labute approximate surface area is 96.8 Å². The van der Waals surface area contributed by atoms with E-state index in [2.05, 4.69) is 26.0 Å². The van der Waals surface area contributed by atoms with Crippen molar-refractivity contribution in [3.05, 3.63) is 12.2 Å². The number of fused-ring (bicyclic) bond motifs is 2. The second-order valence-electron chi connectivity index (χ2n) is 4.73. The Balaban J connectivity index is 2.18. The molecule has 0 aromatic carbocycles. The van der Waals surface area contributed by atoms with Crippen LogP contribution in [0.3, 0.4) is 0 Å². The summed E-state index contributed by atoms with van der Waals surface area (Å²) in [4.78, 5) is 11.3. The molecule has 0 aromatic heterocycles. The molecule has 3 unspecified atom stereocenters. The molecular weight excluding hydrogens is 204 g/mol. The van der Waals surface area contributed by atoms with Crippen LogP contribution in [0.5, 0.6) is 0 Å². The van der Waals surface area contributed by atoms with Crippen molar-refractivity contribution in [2.75, 3.05) is 0 Å². The van der Waals surface area contributed by atoms with Gasteiger partial charge in [-0.15, -0.1) is 0 Å². The van der Waals surface area contributed by atoms with Crippen LogP contribution in [0.25, 0.3) is 0 Å². The number of rotatable bonds is 4. The molecule has 3 nitrogen and oxygen atoms in total. The predicted molar refractivity (Wildman–Crippen MR) is 61.0 cm³/mol. The van der Waals surface area contributed by atoms with E-state index in [-0.39, 0.29) is 23.8 Å². The summed E-state index contributed by atoms with van der Waals surface area (Å²) in [5.41, 5.74) is -0.337. The highest BCUT2D eigenvalue weighted by atomic mass is 16.6. The van der Waals surface area contributed by atoms with Gasteiger partial charge in [0, 0.05) is 12.8 Å². The minimum absolute atomic E-state index is 0.143. The van der Waals surface area contributed by atoms with Gasteiger partial charge in [-0.25, -0.2) is 0 Å². The molecule has 90 valence electrons. The summed E-state index contributed by atoms with van der Waals surface area (Å²) >= 11 is 0. The fourth-order valence-electron chi connectivity index (χ4n) is 3.07. The number of hydrogen-bond acceptors (Lipinski definition) is 3. The number of carbonyl (C=O) groups is 1. The fourth-order valence-corrected chi connectivity index (χ4v) is 3.07. The Morgan fingerprint density at radius 1 is 1.44 bits per heavy atom. The molecule has 0 spiro atoms. The smallest absolute Gasteiger partial charge is 0.303 e. The van der Waals surface area contributed by atoms with E-state index < -0.39 is 0 Å². The van der Waals surface area contributed by atoms with Gasteiger partial charge in [0.15, 0.2) is 0 Å². The van der Waals surface area contributed by atoms with E-state index in [1.165, 1.54) is 6.92 Å². The largest absolute Gasteiger partial charge is 0.459 e. The molecule has 1 fully saturated rings. The normalized spacial score (nSPS) is 32.1. The van der Waals surface area contributed by atoms with Gasteiger partial charge in [-0.1, -0.05) is 26.0 Å². The second-order valence-corrected chi connectivity index (χ2v) is 4.73.